The predicted molar refractivity (Wildman–Crippen MR) is 112 cm³/mol. The van der Waals surface area contributed by atoms with Crippen LogP contribution in [0.3, 0.4) is 0 Å². The van der Waals surface area contributed by atoms with Crippen LogP contribution < -0.4 is 4.74 Å². The van der Waals surface area contributed by atoms with Crippen molar-refractivity contribution in [3.63, 3.8) is 0 Å². The molecular formula is C22H19N7O2. The Kier molecular flexibility index (Phi) is 3.82. The summed E-state index contributed by atoms with van der Waals surface area (Å²) in [5, 5.41) is 8.92. The highest BCUT2D eigenvalue weighted by Gasteiger charge is 2.27. The summed E-state index contributed by atoms with van der Waals surface area (Å²) in [6, 6.07) is 9.91. The summed E-state index contributed by atoms with van der Waals surface area (Å²) >= 11 is 0. The van der Waals surface area contributed by atoms with Gasteiger partial charge in [0.15, 0.2) is 0 Å². The molecule has 0 aliphatic carbocycles. The molecule has 1 aliphatic rings. The van der Waals surface area contributed by atoms with Gasteiger partial charge in [-0.2, -0.15) is 10.1 Å². The normalized spacial score (nSPS) is 12.2. The molecule has 4 aromatic heterocycles. The van der Waals surface area contributed by atoms with E-state index in [0.29, 0.717) is 30.4 Å². The van der Waals surface area contributed by atoms with Crippen molar-refractivity contribution in [2.75, 3.05) is 7.11 Å². The van der Waals surface area contributed by atoms with Gasteiger partial charge in [-0.15, -0.1) is 0 Å². The van der Waals surface area contributed by atoms with Crippen molar-refractivity contribution >= 4 is 0 Å². The van der Waals surface area contributed by atoms with Gasteiger partial charge in [-0.3, -0.25) is 4.68 Å². The van der Waals surface area contributed by atoms with Crippen LogP contribution in [0.1, 0.15) is 17.1 Å². The predicted octanol–water partition coefficient (Wildman–Crippen LogP) is 3.09. The number of imidazole rings is 1. The molecule has 9 nitrogen and oxygen atoms in total. The molecule has 6 rings (SSSR count). The van der Waals surface area contributed by atoms with Gasteiger partial charge in [-0.25, -0.2) is 4.98 Å². The van der Waals surface area contributed by atoms with E-state index < -0.39 is 0 Å². The van der Waals surface area contributed by atoms with E-state index in [2.05, 4.69) is 19.7 Å². The topological polar surface area (TPSA) is 88.7 Å². The van der Waals surface area contributed by atoms with E-state index in [1.54, 1.807) is 7.11 Å². The Morgan fingerprint density at radius 3 is 2.87 bits per heavy atom. The van der Waals surface area contributed by atoms with Crippen molar-refractivity contribution in [3.8, 4) is 34.2 Å². The van der Waals surface area contributed by atoms with Crippen LogP contribution in [-0.2, 0) is 20.0 Å². The molecule has 154 valence electrons. The standard InChI is InChI=1S/C22H19N7O2/c1-27-11-14-9-18-21(22-24-19(31-26-22)12-28-7-3-4-8-28)23-13-29(18)17-6-5-15(30-2)10-16(17)20(14)25-27/h3-8,10-11,13H,9,12H2,1-2H3. The van der Waals surface area contributed by atoms with Gasteiger partial charge in [-0.1, -0.05) is 5.16 Å². The van der Waals surface area contributed by atoms with Crippen molar-refractivity contribution in [2.24, 2.45) is 7.05 Å². The average molecular weight is 413 g/mol. The molecule has 0 bridgehead atoms. The second kappa shape index (κ2) is 6.69. The molecule has 9 heteroatoms. The van der Waals surface area contributed by atoms with Gasteiger partial charge < -0.3 is 18.4 Å². The number of fused-ring (bicyclic) bond motifs is 5. The fourth-order valence-electron chi connectivity index (χ4n) is 4.10. The minimum atomic E-state index is 0.485. The molecule has 1 aliphatic heterocycles. The van der Waals surface area contributed by atoms with Crippen LogP contribution >= 0.6 is 0 Å². The molecule has 0 saturated carbocycles. The molecule has 0 fully saturated rings. The number of ether oxygens (including phenoxy) is 1. The van der Waals surface area contributed by atoms with Gasteiger partial charge in [0.1, 0.15) is 24.3 Å². The summed E-state index contributed by atoms with van der Waals surface area (Å²) in [5.74, 6) is 1.80. The Bertz CT molecular complexity index is 1390. The Hall–Kier alpha value is -4.14. The molecule has 0 radical (unpaired) electrons. The van der Waals surface area contributed by atoms with Gasteiger partial charge >= 0.3 is 0 Å². The minimum Gasteiger partial charge on any atom is -0.497 e. The van der Waals surface area contributed by atoms with Gasteiger partial charge in [0.05, 0.1) is 24.2 Å². The first-order valence-corrected chi connectivity index (χ1v) is 9.91. The summed E-state index contributed by atoms with van der Waals surface area (Å²) in [6.45, 7) is 0.519. The highest BCUT2D eigenvalue weighted by Crippen LogP contribution is 2.38. The number of nitrogens with zero attached hydrogens (tertiary/aromatic N) is 7. The van der Waals surface area contributed by atoms with Crippen LogP contribution in [0.15, 0.2) is 59.8 Å². The van der Waals surface area contributed by atoms with Crippen molar-refractivity contribution < 1.29 is 9.26 Å². The minimum absolute atomic E-state index is 0.485. The Labute approximate surface area is 177 Å². The number of aromatic nitrogens is 7. The summed E-state index contributed by atoms with van der Waals surface area (Å²) in [4.78, 5) is 9.25. The van der Waals surface area contributed by atoms with Crippen molar-refractivity contribution in [3.05, 3.63) is 72.4 Å². The number of aryl methyl sites for hydroxylation is 1. The van der Waals surface area contributed by atoms with E-state index in [-0.39, 0.29) is 0 Å². The second-order valence-electron chi connectivity index (χ2n) is 7.51. The molecule has 31 heavy (non-hydrogen) atoms. The van der Waals surface area contributed by atoms with Crippen molar-refractivity contribution in [1.82, 2.24) is 34.0 Å². The maximum Gasteiger partial charge on any atom is 0.246 e. The molecule has 0 N–H and O–H groups in total. The molecule has 0 unspecified atom stereocenters. The number of benzene rings is 1. The second-order valence-corrected chi connectivity index (χ2v) is 7.51. The van der Waals surface area contributed by atoms with Gasteiger partial charge in [-0.05, 0) is 30.3 Å². The summed E-state index contributed by atoms with van der Waals surface area (Å²) in [6.07, 6.45) is 8.42. The van der Waals surface area contributed by atoms with E-state index >= 15 is 0 Å². The van der Waals surface area contributed by atoms with Crippen LogP contribution in [0.5, 0.6) is 5.75 Å². The summed E-state index contributed by atoms with van der Waals surface area (Å²) in [5.41, 5.74) is 5.73. The molecule has 0 saturated heterocycles. The third kappa shape index (κ3) is 2.85. The first-order valence-electron chi connectivity index (χ1n) is 9.91. The van der Waals surface area contributed by atoms with Gasteiger partial charge in [0.2, 0.25) is 11.7 Å². The van der Waals surface area contributed by atoms with Crippen molar-refractivity contribution in [2.45, 2.75) is 13.0 Å². The summed E-state index contributed by atoms with van der Waals surface area (Å²) < 4.78 is 16.8. The quantitative estimate of drug-likeness (QED) is 0.441. The molecule has 5 aromatic rings. The molecular weight excluding hydrogens is 394 g/mol. The zero-order valence-corrected chi connectivity index (χ0v) is 17.1. The van der Waals surface area contributed by atoms with Crippen LogP contribution in [0.25, 0.3) is 28.5 Å². The number of methoxy groups -OCH3 is 1. The highest BCUT2D eigenvalue weighted by atomic mass is 16.5. The molecule has 0 spiro atoms. The van der Waals surface area contributed by atoms with Crippen LogP contribution in [0, 0.1) is 0 Å². The SMILES string of the molecule is COc1ccc2c(c1)-c1nn(C)cc1Cc1c(-c3noc(Cn4cccc4)n3)ncn1-2. The zero-order chi connectivity index (χ0) is 20.9. The van der Waals surface area contributed by atoms with E-state index in [4.69, 9.17) is 14.4 Å². The van der Waals surface area contributed by atoms with Crippen LogP contribution in [0.2, 0.25) is 0 Å². The monoisotopic (exact) mass is 413 g/mol. The van der Waals surface area contributed by atoms with Crippen LogP contribution in [0.4, 0.5) is 0 Å². The third-order valence-corrected chi connectivity index (χ3v) is 5.51. The Morgan fingerprint density at radius 2 is 2.03 bits per heavy atom. The van der Waals surface area contributed by atoms with Crippen molar-refractivity contribution in [1.29, 1.82) is 0 Å². The maximum atomic E-state index is 5.49. The maximum absolute atomic E-state index is 5.49. The largest absolute Gasteiger partial charge is 0.497 e. The number of hydrogen-bond donors (Lipinski definition) is 0. The summed E-state index contributed by atoms with van der Waals surface area (Å²) in [7, 11) is 3.60. The lowest BCUT2D eigenvalue weighted by atomic mass is 10.0. The first kappa shape index (κ1) is 17.7. The van der Waals surface area contributed by atoms with E-state index in [1.807, 2.05) is 71.5 Å². The van der Waals surface area contributed by atoms with Gasteiger partial charge in [0.25, 0.3) is 0 Å². The average Bonchev–Trinajstić information content (AvgIpc) is 3.56. The lowest BCUT2D eigenvalue weighted by Crippen LogP contribution is -2.01. The number of rotatable bonds is 4. The van der Waals surface area contributed by atoms with E-state index in [0.717, 1.165) is 34.0 Å². The first-order chi connectivity index (χ1) is 15.2. The molecule has 1 aromatic carbocycles. The zero-order valence-electron chi connectivity index (χ0n) is 17.1. The smallest absolute Gasteiger partial charge is 0.246 e. The fraction of sp³-hybridized carbons (Fsp3) is 0.182. The highest BCUT2D eigenvalue weighted by molar-refractivity contribution is 5.77. The molecule has 5 heterocycles. The van der Waals surface area contributed by atoms with E-state index in [1.165, 1.54) is 0 Å². The van der Waals surface area contributed by atoms with Crippen LogP contribution in [-0.4, -0.2) is 41.1 Å². The van der Waals surface area contributed by atoms with E-state index in [9.17, 15) is 0 Å². The number of hydrogen-bond acceptors (Lipinski definition) is 6. The Morgan fingerprint density at radius 1 is 1.16 bits per heavy atom. The van der Waals surface area contributed by atoms with Gasteiger partial charge in [0, 0.05) is 43.2 Å². The third-order valence-electron chi connectivity index (χ3n) is 5.51. The molecule has 0 atom stereocenters. The fourth-order valence-corrected chi connectivity index (χ4v) is 4.10. The Balaban J connectivity index is 1.48. The lowest BCUT2D eigenvalue weighted by Gasteiger charge is -2.11. The lowest BCUT2D eigenvalue weighted by molar-refractivity contribution is 0.371. The molecule has 0 amide bonds.